The highest BCUT2D eigenvalue weighted by Crippen LogP contribution is 2.61. The number of rotatable bonds is 8. The number of anilines is 4. The van der Waals surface area contributed by atoms with Gasteiger partial charge in [-0.2, -0.15) is 0 Å². The fraction of sp³-hybridized carbons (Fsp3) is 0.205. The summed E-state index contributed by atoms with van der Waals surface area (Å²) >= 11 is 0. The summed E-state index contributed by atoms with van der Waals surface area (Å²) in [7, 11) is 0. The average molecular weight is 1030 g/mol. The highest BCUT2D eigenvalue weighted by molar-refractivity contribution is 6.22. The number of fused-ring (bicyclic) bond motifs is 8. The fourth-order valence-corrected chi connectivity index (χ4v) is 15.6. The first kappa shape index (κ1) is 48.6. The van der Waals surface area contributed by atoms with Crippen LogP contribution in [0, 0.1) is 11.8 Å². The molecule has 2 fully saturated rings. The van der Waals surface area contributed by atoms with E-state index in [0.29, 0.717) is 23.7 Å². The van der Waals surface area contributed by atoms with Crippen LogP contribution in [-0.4, -0.2) is 11.1 Å². The van der Waals surface area contributed by atoms with Crippen LogP contribution in [0.5, 0.6) is 0 Å². The lowest BCUT2D eigenvalue weighted by Gasteiger charge is -2.45. The van der Waals surface area contributed by atoms with Crippen molar-refractivity contribution in [3.8, 4) is 66.8 Å². The maximum atomic E-state index is 2.69. The molecule has 390 valence electrons. The van der Waals surface area contributed by atoms with Crippen molar-refractivity contribution in [2.45, 2.75) is 89.1 Å². The molecule has 0 radical (unpaired) electrons. The van der Waals surface area contributed by atoms with Crippen molar-refractivity contribution in [3.05, 3.63) is 254 Å². The summed E-state index contributed by atoms with van der Waals surface area (Å²) in [6, 6.07) is 92.2. The third-order valence-corrected chi connectivity index (χ3v) is 19.7. The first-order valence-corrected chi connectivity index (χ1v) is 29.5. The van der Waals surface area contributed by atoms with Crippen LogP contribution in [0.1, 0.15) is 89.2 Å². The molecule has 4 aliphatic rings. The van der Waals surface area contributed by atoms with E-state index in [2.05, 4.69) is 280 Å². The van der Waals surface area contributed by atoms with E-state index in [1.807, 2.05) is 0 Å². The zero-order valence-corrected chi connectivity index (χ0v) is 46.5. The molecule has 80 heavy (non-hydrogen) atoms. The summed E-state index contributed by atoms with van der Waals surface area (Å²) in [5.74, 6) is 2.28. The van der Waals surface area contributed by atoms with Crippen molar-refractivity contribution >= 4 is 44.3 Å². The lowest BCUT2D eigenvalue weighted by atomic mass is 9.69. The monoisotopic (exact) mass is 1030 g/mol. The Bertz CT molecular complexity index is 3860. The largest absolute Gasteiger partial charge is 0.335 e. The minimum Gasteiger partial charge on any atom is -0.335 e. The van der Waals surface area contributed by atoms with E-state index < -0.39 is 0 Å². The summed E-state index contributed by atoms with van der Waals surface area (Å²) in [6.45, 7) is 9.98. The maximum Gasteiger partial charge on any atom is 0.0492 e. The Labute approximate surface area is 473 Å². The maximum absolute atomic E-state index is 2.69. The number of benzene rings is 11. The summed E-state index contributed by atoms with van der Waals surface area (Å²) in [6.07, 6.45) is 7.28. The third kappa shape index (κ3) is 7.89. The molecule has 0 bridgehead atoms. The van der Waals surface area contributed by atoms with Crippen LogP contribution in [0.3, 0.4) is 0 Å². The summed E-state index contributed by atoms with van der Waals surface area (Å²) in [4.78, 5) is 5.37. The zero-order valence-electron chi connectivity index (χ0n) is 46.5. The van der Waals surface area contributed by atoms with Gasteiger partial charge >= 0.3 is 0 Å². The highest BCUT2D eigenvalue weighted by atomic mass is 15.2. The van der Waals surface area contributed by atoms with Crippen LogP contribution in [0.2, 0.25) is 0 Å². The molecular weight excluding hydrogens is 965 g/mol. The molecule has 2 saturated carbocycles. The minimum absolute atomic E-state index is 0.0252. The van der Waals surface area contributed by atoms with Crippen molar-refractivity contribution in [1.29, 1.82) is 0 Å². The van der Waals surface area contributed by atoms with Crippen LogP contribution in [-0.2, 0) is 0 Å². The molecule has 15 rings (SSSR count). The number of hydrogen-bond acceptors (Lipinski definition) is 2. The van der Waals surface area contributed by atoms with Gasteiger partial charge in [0.25, 0.3) is 0 Å². The molecule has 0 spiro atoms. The molecule has 0 amide bonds. The van der Waals surface area contributed by atoms with E-state index in [1.54, 1.807) is 0 Å². The van der Waals surface area contributed by atoms with Gasteiger partial charge in [0.05, 0.1) is 0 Å². The highest BCUT2D eigenvalue weighted by Gasteiger charge is 2.52. The van der Waals surface area contributed by atoms with Crippen molar-refractivity contribution in [2.24, 2.45) is 11.8 Å². The van der Waals surface area contributed by atoms with Crippen LogP contribution in [0.15, 0.2) is 243 Å². The normalized spacial score (nSPS) is 22.0. The summed E-state index contributed by atoms with van der Waals surface area (Å²) in [5.41, 5.74) is 23.3. The van der Waals surface area contributed by atoms with Crippen molar-refractivity contribution in [1.82, 2.24) is 0 Å². The molecule has 2 aliphatic carbocycles. The van der Waals surface area contributed by atoms with Gasteiger partial charge in [0.2, 0.25) is 0 Å². The SMILES string of the molecule is CC1CCC2(C)C(C1)c1cc(-c3ccc4c(-c5ccc(-c6ccccc6)cc5)c5cc(-c6ccc7c(c6)C6CC(C)CCC6(C)N7c6ccccc6)ccc5c(-c5ccc(-c6ccccc6)cc5)c4c3)ccc1N2c1ccccc1. The molecule has 2 aliphatic heterocycles. The van der Waals surface area contributed by atoms with E-state index in [1.165, 1.54) is 161 Å². The fourth-order valence-electron chi connectivity index (χ4n) is 15.6. The zero-order chi connectivity index (χ0) is 53.7. The topological polar surface area (TPSA) is 6.48 Å². The van der Waals surface area contributed by atoms with Gasteiger partial charge in [0, 0.05) is 45.7 Å². The Hall–Kier alpha value is -8.46. The molecule has 6 atom stereocenters. The smallest absolute Gasteiger partial charge is 0.0492 e. The molecule has 0 aromatic heterocycles. The Kier molecular flexibility index (Phi) is 11.6. The molecule has 0 N–H and O–H groups in total. The first-order chi connectivity index (χ1) is 39.2. The van der Waals surface area contributed by atoms with Crippen LogP contribution >= 0.6 is 0 Å². The molecule has 2 heteroatoms. The van der Waals surface area contributed by atoms with Crippen LogP contribution < -0.4 is 9.80 Å². The molecule has 0 saturated heterocycles. The second-order valence-corrected chi connectivity index (χ2v) is 24.6. The van der Waals surface area contributed by atoms with Crippen molar-refractivity contribution in [3.63, 3.8) is 0 Å². The van der Waals surface area contributed by atoms with Gasteiger partial charge in [-0.25, -0.2) is 0 Å². The molecule has 2 nitrogen and oxygen atoms in total. The second kappa shape index (κ2) is 19.1. The summed E-state index contributed by atoms with van der Waals surface area (Å²) in [5, 5.41) is 5.06. The van der Waals surface area contributed by atoms with E-state index in [4.69, 9.17) is 0 Å². The van der Waals surface area contributed by atoms with E-state index in [9.17, 15) is 0 Å². The number of nitrogens with zero attached hydrogens (tertiary/aromatic N) is 2. The lowest BCUT2D eigenvalue weighted by Crippen LogP contribution is -2.46. The predicted molar refractivity (Wildman–Crippen MR) is 340 cm³/mol. The minimum atomic E-state index is 0.0252. The van der Waals surface area contributed by atoms with Gasteiger partial charge in [0.15, 0.2) is 0 Å². The Morgan fingerprint density at radius 3 is 1.01 bits per heavy atom. The van der Waals surface area contributed by atoms with Gasteiger partial charge in [-0.15, -0.1) is 0 Å². The van der Waals surface area contributed by atoms with Gasteiger partial charge in [-0.3, -0.25) is 0 Å². The molecular formula is C78H68N2. The quantitative estimate of drug-likeness (QED) is 0.140. The standard InChI is InChI=1S/C78H68N2/c1-51-41-43-77(3)71(45-51)69-49-61(35-39-73(69)79(77)63-21-13-7-14-22-63)59-33-37-65-67(47-59)75(57-29-25-55(26-30-57)53-17-9-5-10-18-53)66-38-34-60(48-68(66)76(65)58-31-27-56(28-32-58)54-19-11-6-12-20-54)62-36-40-74-70(50-62)72-46-52(2)42-44-78(72,4)80(74)64-23-15-8-16-24-64/h5-40,47-52,71-72H,41-46H2,1-4H3. The van der Waals surface area contributed by atoms with Gasteiger partial charge in [0.1, 0.15) is 0 Å². The second-order valence-electron chi connectivity index (χ2n) is 24.6. The Morgan fingerprint density at radius 1 is 0.312 bits per heavy atom. The van der Waals surface area contributed by atoms with E-state index >= 15 is 0 Å². The molecule has 2 heterocycles. The van der Waals surface area contributed by atoms with Crippen molar-refractivity contribution < 1.29 is 0 Å². The molecule has 6 unspecified atom stereocenters. The number of para-hydroxylation sites is 2. The van der Waals surface area contributed by atoms with E-state index in [0.717, 1.165) is 0 Å². The van der Waals surface area contributed by atoms with Crippen LogP contribution in [0.25, 0.3) is 88.3 Å². The van der Waals surface area contributed by atoms with E-state index in [-0.39, 0.29) is 11.1 Å². The number of hydrogen-bond donors (Lipinski definition) is 0. The predicted octanol–water partition coefficient (Wildman–Crippen LogP) is 21.6. The Morgan fingerprint density at radius 2 is 0.625 bits per heavy atom. The third-order valence-electron chi connectivity index (χ3n) is 19.7. The summed E-state index contributed by atoms with van der Waals surface area (Å²) < 4.78 is 0. The Balaban J connectivity index is 0.945. The lowest BCUT2D eigenvalue weighted by molar-refractivity contribution is 0.237. The van der Waals surface area contributed by atoms with Crippen LogP contribution in [0.4, 0.5) is 22.7 Å². The average Bonchev–Trinajstić information content (AvgIpc) is 4.05. The van der Waals surface area contributed by atoms with Gasteiger partial charge in [-0.05, 0) is 224 Å². The molecule has 11 aromatic carbocycles. The molecule has 11 aromatic rings. The van der Waals surface area contributed by atoms with Gasteiger partial charge < -0.3 is 9.80 Å². The van der Waals surface area contributed by atoms with Crippen molar-refractivity contribution in [2.75, 3.05) is 9.80 Å². The first-order valence-electron chi connectivity index (χ1n) is 29.5. The van der Waals surface area contributed by atoms with Gasteiger partial charge in [-0.1, -0.05) is 196 Å².